The predicted octanol–water partition coefficient (Wildman–Crippen LogP) is 1.11. The molecule has 0 saturated heterocycles. The van der Waals surface area contributed by atoms with Crippen LogP contribution in [0.5, 0.6) is 0 Å². The lowest BCUT2D eigenvalue weighted by Gasteiger charge is -2.05. The number of tetrazole rings is 1. The van der Waals surface area contributed by atoms with Crippen LogP contribution in [0.15, 0.2) is 5.16 Å². The van der Waals surface area contributed by atoms with Gasteiger partial charge in [-0.2, -0.15) is 0 Å². The van der Waals surface area contributed by atoms with E-state index in [2.05, 4.69) is 34.7 Å². The Morgan fingerprint density at radius 2 is 2.20 bits per heavy atom. The van der Waals surface area contributed by atoms with E-state index >= 15 is 0 Å². The number of hydrogen-bond acceptors (Lipinski definition) is 7. The summed E-state index contributed by atoms with van der Waals surface area (Å²) in [5.74, 6) is 0.0223. The maximum Gasteiger partial charge on any atom is 0.316 e. The Labute approximate surface area is 123 Å². The predicted molar refractivity (Wildman–Crippen MR) is 77.6 cm³/mol. The highest BCUT2D eigenvalue weighted by atomic mass is 32.2. The van der Waals surface area contributed by atoms with E-state index in [9.17, 15) is 4.79 Å². The fourth-order valence-electron chi connectivity index (χ4n) is 1.42. The van der Waals surface area contributed by atoms with Crippen molar-refractivity contribution in [3.63, 3.8) is 0 Å². The largest absolute Gasteiger partial charge is 0.465 e. The van der Waals surface area contributed by atoms with Crippen molar-refractivity contribution in [1.82, 2.24) is 25.5 Å². The number of hydrogen-bond donors (Lipinski definition) is 1. The minimum absolute atomic E-state index is 0.220. The van der Waals surface area contributed by atoms with E-state index in [1.54, 1.807) is 4.68 Å². The van der Waals surface area contributed by atoms with Crippen LogP contribution in [0.2, 0.25) is 0 Å². The molecule has 1 heterocycles. The number of carbonyl (C=O) groups is 1. The van der Waals surface area contributed by atoms with Crippen LogP contribution >= 0.6 is 11.8 Å². The molecular weight excluding hydrogens is 278 g/mol. The van der Waals surface area contributed by atoms with Crippen molar-refractivity contribution < 1.29 is 9.53 Å². The van der Waals surface area contributed by atoms with Crippen molar-refractivity contribution in [2.24, 2.45) is 0 Å². The number of ether oxygens (including phenoxy) is 1. The summed E-state index contributed by atoms with van der Waals surface area (Å²) in [6, 6.07) is 0. The van der Waals surface area contributed by atoms with Crippen LogP contribution in [-0.2, 0) is 16.1 Å². The van der Waals surface area contributed by atoms with Crippen molar-refractivity contribution in [3.05, 3.63) is 0 Å². The third-order valence-corrected chi connectivity index (χ3v) is 3.44. The zero-order chi connectivity index (χ0) is 14.6. The molecule has 0 unspecified atom stereocenters. The summed E-state index contributed by atoms with van der Waals surface area (Å²) in [4.78, 5) is 11.5. The molecule has 114 valence electrons. The monoisotopic (exact) mass is 301 g/mol. The van der Waals surface area contributed by atoms with Gasteiger partial charge < -0.3 is 10.1 Å². The van der Waals surface area contributed by atoms with E-state index in [-0.39, 0.29) is 11.7 Å². The molecule has 0 amide bonds. The summed E-state index contributed by atoms with van der Waals surface area (Å²) in [5, 5.41) is 15.4. The zero-order valence-electron chi connectivity index (χ0n) is 12.2. The molecule has 1 N–H and O–H groups in total. The van der Waals surface area contributed by atoms with Crippen LogP contribution in [0.3, 0.4) is 0 Å². The average Bonchev–Trinajstić information content (AvgIpc) is 2.89. The van der Waals surface area contributed by atoms with Crippen LogP contribution in [0.25, 0.3) is 0 Å². The van der Waals surface area contributed by atoms with E-state index in [1.165, 1.54) is 11.8 Å². The van der Waals surface area contributed by atoms with Crippen molar-refractivity contribution in [2.75, 3.05) is 25.4 Å². The Morgan fingerprint density at radius 3 is 2.95 bits per heavy atom. The highest BCUT2D eigenvalue weighted by molar-refractivity contribution is 7.99. The molecular formula is C12H23N5O2S. The topological polar surface area (TPSA) is 81.9 Å². The number of esters is 1. The lowest BCUT2D eigenvalue weighted by atomic mass is 10.4. The molecule has 0 aliphatic rings. The first-order chi connectivity index (χ1) is 9.77. The van der Waals surface area contributed by atoms with Crippen LogP contribution in [0.1, 0.15) is 33.1 Å². The summed E-state index contributed by atoms with van der Waals surface area (Å²) in [6.07, 6.45) is 3.02. The first-order valence-corrected chi connectivity index (χ1v) is 8.01. The molecule has 1 aromatic rings. The van der Waals surface area contributed by atoms with Crippen molar-refractivity contribution in [1.29, 1.82) is 0 Å². The fraction of sp³-hybridized carbons (Fsp3) is 0.833. The number of unbranched alkanes of at least 4 members (excludes halogenated alkanes) is 1. The van der Waals surface area contributed by atoms with Gasteiger partial charge in [-0.1, -0.05) is 32.0 Å². The molecule has 0 aromatic carbocycles. The molecule has 1 aromatic heterocycles. The Kier molecular flexibility index (Phi) is 8.97. The number of rotatable bonds is 11. The minimum Gasteiger partial charge on any atom is -0.465 e. The van der Waals surface area contributed by atoms with Gasteiger partial charge in [-0.15, -0.1) is 5.10 Å². The van der Waals surface area contributed by atoms with Gasteiger partial charge in [0.15, 0.2) is 0 Å². The van der Waals surface area contributed by atoms with E-state index in [1.807, 2.05) is 0 Å². The average molecular weight is 301 g/mol. The first-order valence-electron chi connectivity index (χ1n) is 7.03. The van der Waals surface area contributed by atoms with Crippen LogP contribution in [0, 0.1) is 0 Å². The Balaban J connectivity index is 2.26. The van der Waals surface area contributed by atoms with Gasteiger partial charge in [0.05, 0.1) is 18.9 Å². The molecule has 0 fully saturated rings. The van der Waals surface area contributed by atoms with Gasteiger partial charge in [-0.3, -0.25) is 4.79 Å². The van der Waals surface area contributed by atoms with Crippen molar-refractivity contribution in [2.45, 2.75) is 44.8 Å². The van der Waals surface area contributed by atoms with Crippen LogP contribution in [-0.4, -0.2) is 51.6 Å². The summed E-state index contributed by atoms with van der Waals surface area (Å²) < 4.78 is 6.78. The molecule has 7 nitrogen and oxygen atoms in total. The van der Waals surface area contributed by atoms with E-state index < -0.39 is 0 Å². The molecule has 0 saturated carbocycles. The second-order valence-corrected chi connectivity index (χ2v) is 5.24. The van der Waals surface area contributed by atoms with Gasteiger partial charge in [0, 0.05) is 6.54 Å². The Hall–Kier alpha value is -1.15. The molecule has 20 heavy (non-hydrogen) atoms. The number of nitrogens with one attached hydrogen (secondary N) is 1. The Morgan fingerprint density at radius 1 is 1.35 bits per heavy atom. The number of nitrogens with zero attached hydrogens (tertiary/aromatic N) is 4. The number of thioether (sulfide) groups is 1. The fourth-order valence-corrected chi connectivity index (χ4v) is 2.12. The maximum absolute atomic E-state index is 11.5. The second-order valence-electron chi connectivity index (χ2n) is 4.30. The zero-order valence-corrected chi connectivity index (χ0v) is 13.0. The molecule has 0 spiro atoms. The number of carbonyl (C=O) groups excluding carboxylic acids is 1. The van der Waals surface area contributed by atoms with Gasteiger partial charge in [0.25, 0.3) is 0 Å². The van der Waals surface area contributed by atoms with Gasteiger partial charge in [-0.05, 0) is 29.8 Å². The van der Waals surface area contributed by atoms with Crippen molar-refractivity contribution in [3.8, 4) is 0 Å². The molecule has 8 heteroatoms. The minimum atomic E-state index is -0.220. The normalized spacial score (nSPS) is 10.7. The summed E-state index contributed by atoms with van der Waals surface area (Å²) in [6.45, 7) is 7.16. The summed E-state index contributed by atoms with van der Waals surface area (Å²) >= 11 is 1.31. The summed E-state index contributed by atoms with van der Waals surface area (Å²) in [7, 11) is 0. The van der Waals surface area contributed by atoms with Crippen LogP contribution < -0.4 is 5.32 Å². The second kappa shape index (κ2) is 10.6. The van der Waals surface area contributed by atoms with Gasteiger partial charge in [0.2, 0.25) is 5.16 Å². The summed E-state index contributed by atoms with van der Waals surface area (Å²) in [5.41, 5.74) is 0. The van der Waals surface area contributed by atoms with Gasteiger partial charge in [0.1, 0.15) is 0 Å². The number of aromatic nitrogens is 4. The molecule has 1 rings (SSSR count). The van der Waals surface area contributed by atoms with Gasteiger partial charge in [-0.25, -0.2) is 4.68 Å². The van der Waals surface area contributed by atoms with E-state index in [0.29, 0.717) is 18.3 Å². The molecule has 0 atom stereocenters. The van der Waals surface area contributed by atoms with Gasteiger partial charge >= 0.3 is 5.97 Å². The quantitative estimate of drug-likeness (QED) is 0.372. The smallest absolute Gasteiger partial charge is 0.316 e. The van der Waals surface area contributed by atoms with Crippen molar-refractivity contribution >= 4 is 17.7 Å². The lowest BCUT2D eigenvalue weighted by Crippen LogP contribution is -2.21. The van der Waals surface area contributed by atoms with Crippen LogP contribution in [0.4, 0.5) is 0 Å². The SMILES string of the molecule is CCCCOC(=O)CSc1nnnn1CCNCCC. The first kappa shape index (κ1) is 16.9. The maximum atomic E-state index is 11.5. The molecule has 0 aliphatic carbocycles. The van der Waals surface area contributed by atoms with E-state index in [0.717, 1.165) is 32.4 Å². The third-order valence-electron chi connectivity index (χ3n) is 2.51. The third kappa shape index (κ3) is 6.85. The molecule has 0 bridgehead atoms. The molecule has 0 radical (unpaired) electrons. The standard InChI is InChI=1S/C12H23N5O2S/c1-3-5-9-19-11(18)10-20-12-14-15-16-17(12)8-7-13-6-4-2/h13H,3-10H2,1-2H3. The van der Waals surface area contributed by atoms with E-state index in [4.69, 9.17) is 4.74 Å². The molecule has 0 aliphatic heterocycles. The Bertz CT molecular complexity index is 386. The highest BCUT2D eigenvalue weighted by Crippen LogP contribution is 2.13. The highest BCUT2D eigenvalue weighted by Gasteiger charge is 2.10. The lowest BCUT2D eigenvalue weighted by molar-refractivity contribution is -0.140.